The lowest BCUT2D eigenvalue weighted by atomic mass is 10.0. The number of anilines is 1. The van der Waals surface area contributed by atoms with Crippen LogP contribution in [0.15, 0.2) is 18.2 Å². The zero-order valence-electron chi connectivity index (χ0n) is 12.3. The quantitative estimate of drug-likeness (QED) is 0.634. The highest BCUT2D eigenvalue weighted by atomic mass is 16.6. The fourth-order valence-electron chi connectivity index (χ4n) is 1.98. The Kier molecular flexibility index (Phi) is 5.30. The third kappa shape index (κ3) is 4.52. The van der Waals surface area contributed by atoms with Crippen LogP contribution in [0.1, 0.15) is 19.4 Å². The number of hydrogen-bond acceptors (Lipinski definition) is 4. The second kappa shape index (κ2) is 6.52. The second-order valence-corrected chi connectivity index (χ2v) is 5.52. The molecule has 0 aromatic heterocycles. The van der Waals surface area contributed by atoms with Gasteiger partial charge in [0.25, 0.3) is 5.69 Å². The fraction of sp³-hybridized carbons (Fsp3) is 0.571. The van der Waals surface area contributed by atoms with Crippen LogP contribution in [0.3, 0.4) is 0 Å². The minimum absolute atomic E-state index is 0.166. The molecule has 1 atom stereocenters. The topological polar surface area (TPSA) is 58.4 Å². The van der Waals surface area contributed by atoms with Gasteiger partial charge in [-0.05, 0) is 39.1 Å². The number of nitro groups is 1. The van der Waals surface area contributed by atoms with Crippen LogP contribution >= 0.6 is 0 Å². The van der Waals surface area contributed by atoms with E-state index in [9.17, 15) is 10.1 Å². The lowest BCUT2D eigenvalue weighted by Crippen LogP contribution is -2.36. The number of likely N-dealkylation sites (N-methyl/N-ethyl adjacent to an activating group) is 1. The van der Waals surface area contributed by atoms with E-state index in [2.05, 4.69) is 24.1 Å². The minimum Gasteiger partial charge on any atom is -0.381 e. The van der Waals surface area contributed by atoms with Gasteiger partial charge in [0.15, 0.2) is 0 Å². The number of aryl methyl sites for hydroxylation is 1. The van der Waals surface area contributed by atoms with Gasteiger partial charge in [-0.3, -0.25) is 10.1 Å². The Morgan fingerprint density at radius 2 is 2.00 bits per heavy atom. The molecule has 0 radical (unpaired) electrons. The van der Waals surface area contributed by atoms with Crippen molar-refractivity contribution >= 4 is 11.4 Å². The Labute approximate surface area is 114 Å². The molecule has 1 rings (SSSR count). The van der Waals surface area contributed by atoms with Gasteiger partial charge >= 0.3 is 0 Å². The standard InChI is InChI=1S/C14H23N3O2/c1-10(2)13(9-16(4)5)15-12-6-7-14(17(18)19)11(3)8-12/h6-8,10,13,15H,9H2,1-5H3. The first-order valence-corrected chi connectivity index (χ1v) is 6.47. The normalized spacial score (nSPS) is 12.8. The molecule has 0 aliphatic carbocycles. The van der Waals surface area contributed by atoms with Crippen LogP contribution in [0.5, 0.6) is 0 Å². The van der Waals surface area contributed by atoms with Crippen LogP contribution in [0.25, 0.3) is 0 Å². The van der Waals surface area contributed by atoms with Gasteiger partial charge in [0.05, 0.1) is 4.92 Å². The van der Waals surface area contributed by atoms with E-state index in [-0.39, 0.29) is 10.6 Å². The van der Waals surface area contributed by atoms with Gasteiger partial charge in [0.2, 0.25) is 0 Å². The van der Waals surface area contributed by atoms with E-state index in [4.69, 9.17) is 0 Å². The molecule has 0 bridgehead atoms. The number of rotatable bonds is 6. The first-order chi connectivity index (χ1) is 8.81. The summed E-state index contributed by atoms with van der Waals surface area (Å²) < 4.78 is 0. The molecular formula is C14H23N3O2. The van der Waals surface area contributed by atoms with Crippen molar-refractivity contribution in [2.45, 2.75) is 26.8 Å². The van der Waals surface area contributed by atoms with Crippen molar-refractivity contribution in [1.82, 2.24) is 4.90 Å². The predicted molar refractivity (Wildman–Crippen MR) is 78.6 cm³/mol. The Bertz CT molecular complexity index is 444. The molecule has 0 saturated carbocycles. The number of hydrogen-bond donors (Lipinski definition) is 1. The third-order valence-electron chi connectivity index (χ3n) is 3.11. The van der Waals surface area contributed by atoms with Crippen LogP contribution in [0, 0.1) is 23.0 Å². The Morgan fingerprint density at radius 3 is 2.42 bits per heavy atom. The van der Waals surface area contributed by atoms with E-state index in [1.54, 1.807) is 19.1 Å². The number of nitro benzene ring substituents is 1. The van der Waals surface area contributed by atoms with Crippen molar-refractivity contribution in [2.24, 2.45) is 5.92 Å². The molecule has 1 unspecified atom stereocenters. The van der Waals surface area contributed by atoms with Gasteiger partial charge in [-0.1, -0.05) is 13.8 Å². The molecule has 1 aromatic carbocycles. The van der Waals surface area contributed by atoms with E-state index in [1.165, 1.54) is 0 Å². The van der Waals surface area contributed by atoms with Crippen LogP contribution in [0.2, 0.25) is 0 Å². The minimum atomic E-state index is -0.348. The molecule has 19 heavy (non-hydrogen) atoms. The zero-order valence-corrected chi connectivity index (χ0v) is 12.3. The molecule has 1 N–H and O–H groups in total. The summed E-state index contributed by atoms with van der Waals surface area (Å²) >= 11 is 0. The summed E-state index contributed by atoms with van der Waals surface area (Å²) in [5.74, 6) is 0.484. The summed E-state index contributed by atoms with van der Waals surface area (Å²) in [6, 6.07) is 5.49. The maximum atomic E-state index is 10.8. The maximum absolute atomic E-state index is 10.8. The van der Waals surface area contributed by atoms with Crippen molar-refractivity contribution in [1.29, 1.82) is 0 Å². The Hall–Kier alpha value is -1.62. The molecule has 0 spiro atoms. The van der Waals surface area contributed by atoms with E-state index >= 15 is 0 Å². The Morgan fingerprint density at radius 1 is 1.37 bits per heavy atom. The summed E-state index contributed by atoms with van der Waals surface area (Å²) in [6.07, 6.45) is 0. The van der Waals surface area contributed by atoms with Crippen molar-refractivity contribution < 1.29 is 4.92 Å². The van der Waals surface area contributed by atoms with Crippen molar-refractivity contribution in [2.75, 3.05) is 26.0 Å². The molecular weight excluding hydrogens is 242 g/mol. The lowest BCUT2D eigenvalue weighted by molar-refractivity contribution is -0.385. The fourth-order valence-corrected chi connectivity index (χ4v) is 1.98. The van der Waals surface area contributed by atoms with Crippen LogP contribution in [-0.4, -0.2) is 36.5 Å². The van der Waals surface area contributed by atoms with Crippen molar-refractivity contribution in [3.05, 3.63) is 33.9 Å². The van der Waals surface area contributed by atoms with Crippen LogP contribution < -0.4 is 5.32 Å². The number of nitrogens with zero attached hydrogens (tertiary/aromatic N) is 2. The van der Waals surface area contributed by atoms with Gasteiger partial charge in [-0.2, -0.15) is 0 Å². The summed E-state index contributed by atoms with van der Waals surface area (Å²) in [7, 11) is 4.08. The second-order valence-electron chi connectivity index (χ2n) is 5.52. The molecule has 5 heteroatoms. The monoisotopic (exact) mass is 265 g/mol. The first kappa shape index (κ1) is 15.4. The maximum Gasteiger partial charge on any atom is 0.272 e. The molecule has 0 saturated heterocycles. The average molecular weight is 265 g/mol. The SMILES string of the molecule is Cc1cc(NC(CN(C)C)C(C)C)ccc1[N+](=O)[O-]. The van der Waals surface area contributed by atoms with E-state index in [1.807, 2.05) is 20.2 Å². The van der Waals surface area contributed by atoms with E-state index in [0.29, 0.717) is 17.5 Å². The van der Waals surface area contributed by atoms with Crippen molar-refractivity contribution in [3.8, 4) is 0 Å². The lowest BCUT2D eigenvalue weighted by Gasteiger charge is -2.26. The molecule has 5 nitrogen and oxygen atoms in total. The van der Waals surface area contributed by atoms with Crippen LogP contribution in [0.4, 0.5) is 11.4 Å². The average Bonchev–Trinajstić information content (AvgIpc) is 2.26. The van der Waals surface area contributed by atoms with Crippen LogP contribution in [-0.2, 0) is 0 Å². The predicted octanol–water partition coefficient (Wildman–Crippen LogP) is 2.90. The van der Waals surface area contributed by atoms with Crippen molar-refractivity contribution in [3.63, 3.8) is 0 Å². The molecule has 0 aliphatic rings. The molecule has 0 aliphatic heterocycles. The molecule has 1 aromatic rings. The zero-order chi connectivity index (χ0) is 14.6. The van der Waals surface area contributed by atoms with Gasteiger partial charge < -0.3 is 10.2 Å². The van der Waals surface area contributed by atoms with Gasteiger partial charge in [-0.15, -0.1) is 0 Å². The Balaban J connectivity index is 2.85. The molecule has 0 amide bonds. The smallest absolute Gasteiger partial charge is 0.272 e. The summed E-state index contributed by atoms with van der Waals surface area (Å²) in [6.45, 7) is 7.02. The molecule has 106 valence electrons. The van der Waals surface area contributed by atoms with Gasteiger partial charge in [0, 0.05) is 29.9 Å². The number of nitrogens with one attached hydrogen (secondary N) is 1. The summed E-state index contributed by atoms with van der Waals surface area (Å²) in [5, 5.41) is 14.2. The van der Waals surface area contributed by atoms with Gasteiger partial charge in [0.1, 0.15) is 0 Å². The largest absolute Gasteiger partial charge is 0.381 e. The third-order valence-corrected chi connectivity index (χ3v) is 3.11. The highest BCUT2D eigenvalue weighted by molar-refractivity contribution is 5.54. The first-order valence-electron chi connectivity index (χ1n) is 6.47. The highest BCUT2D eigenvalue weighted by Gasteiger charge is 2.16. The number of benzene rings is 1. The van der Waals surface area contributed by atoms with E-state index < -0.39 is 0 Å². The molecule has 0 fully saturated rings. The van der Waals surface area contributed by atoms with E-state index in [0.717, 1.165) is 12.2 Å². The molecule has 0 heterocycles. The summed E-state index contributed by atoms with van der Waals surface area (Å²) in [4.78, 5) is 12.6. The van der Waals surface area contributed by atoms with Gasteiger partial charge in [-0.25, -0.2) is 0 Å². The highest BCUT2D eigenvalue weighted by Crippen LogP contribution is 2.23. The summed E-state index contributed by atoms with van der Waals surface area (Å²) in [5.41, 5.74) is 1.78.